The quantitative estimate of drug-likeness (QED) is 0.788. The molecular formula is C14H22N2O2. The number of hydrogen-bond donors (Lipinski definition) is 1. The molecule has 0 aliphatic heterocycles. The Bertz CT molecular complexity index is 394. The molecule has 1 rings (SSSR count). The first-order valence-corrected chi connectivity index (χ1v) is 6.21. The van der Waals surface area contributed by atoms with Gasteiger partial charge in [0.25, 0.3) is 0 Å². The van der Waals surface area contributed by atoms with Gasteiger partial charge in [0.1, 0.15) is 5.76 Å². The van der Waals surface area contributed by atoms with Crippen LogP contribution in [0.2, 0.25) is 0 Å². The minimum atomic E-state index is -0.0183. The van der Waals surface area contributed by atoms with Crippen molar-refractivity contribution in [3.05, 3.63) is 35.8 Å². The van der Waals surface area contributed by atoms with Crippen molar-refractivity contribution in [3.8, 4) is 0 Å². The van der Waals surface area contributed by atoms with Crippen molar-refractivity contribution in [1.82, 2.24) is 10.2 Å². The van der Waals surface area contributed by atoms with Crippen LogP contribution >= 0.6 is 0 Å². The Balaban J connectivity index is 2.59. The second-order valence-corrected chi connectivity index (χ2v) is 4.50. The van der Waals surface area contributed by atoms with Crippen LogP contribution in [-0.4, -0.2) is 31.4 Å². The van der Waals surface area contributed by atoms with E-state index in [1.54, 1.807) is 6.26 Å². The van der Waals surface area contributed by atoms with Gasteiger partial charge in [0, 0.05) is 12.1 Å². The number of nitrogens with zero attached hydrogens (tertiary/aromatic N) is 1. The zero-order valence-electron chi connectivity index (χ0n) is 11.6. The molecule has 18 heavy (non-hydrogen) atoms. The summed E-state index contributed by atoms with van der Waals surface area (Å²) in [6.07, 6.45) is 4.44. The van der Waals surface area contributed by atoms with E-state index in [1.807, 2.05) is 51.1 Å². The van der Waals surface area contributed by atoms with E-state index in [0.29, 0.717) is 6.54 Å². The lowest BCUT2D eigenvalue weighted by Crippen LogP contribution is -2.34. The lowest BCUT2D eigenvalue weighted by atomic mass is 10.2. The second-order valence-electron chi connectivity index (χ2n) is 4.50. The SMILES string of the molecule is CC/C=C(/C)C(=O)NC[C@@H](c1ccco1)N(C)C. The molecule has 1 atom stereocenters. The number of carbonyl (C=O) groups excluding carboxylic acids is 1. The molecule has 1 aromatic heterocycles. The Morgan fingerprint density at radius 1 is 1.56 bits per heavy atom. The van der Waals surface area contributed by atoms with Crippen LogP contribution in [0.1, 0.15) is 32.1 Å². The predicted octanol–water partition coefficient (Wildman–Crippen LogP) is 2.35. The summed E-state index contributed by atoms with van der Waals surface area (Å²) >= 11 is 0. The van der Waals surface area contributed by atoms with E-state index in [4.69, 9.17) is 4.42 Å². The third-order valence-electron chi connectivity index (χ3n) is 2.82. The van der Waals surface area contributed by atoms with Gasteiger partial charge in [0.2, 0.25) is 5.91 Å². The van der Waals surface area contributed by atoms with Crippen molar-refractivity contribution < 1.29 is 9.21 Å². The van der Waals surface area contributed by atoms with Gasteiger partial charge in [-0.2, -0.15) is 0 Å². The van der Waals surface area contributed by atoms with Gasteiger partial charge in [-0.3, -0.25) is 9.69 Å². The minimum absolute atomic E-state index is 0.0183. The Labute approximate surface area is 109 Å². The maximum absolute atomic E-state index is 11.8. The molecule has 1 amide bonds. The van der Waals surface area contributed by atoms with Gasteiger partial charge in [-0.05, 0) is 39.6 Å². The van der Waals surface area contributed by atoms with Crippen LogP contribution < -0.4 is 5.32 Å². The Morgan fingerprint density at radius 3 is 2.78 bits per heavy atom. The van der Waals surface area contributed by atoms with Gasteiger partial charge < -0.3 is 9.73 Å². The third kappa shape index (κ3) is 4.04. The van der Waals surface area contributed by atoms with E-state index in [-0.39, 0.29) is 11.9 Å². The molecule has 4 heteroatoms. The molecule has 4 nitrogen and oxygen atoms in total. The highest BCUT2D eigenvalue weighted by Gasteiger charge is 2.17. The summed E-state index contributed by atoms with van der Waals surface area (Å²) in [5.41, 5.74) is 0.759. The van der Waals surface area contributed by atoms with E-state index in [2.05, 4.69) is 5.32 Å². The smallest absolute Gasteiger partial charge is 0.246 e. The van der Waals surface area contributed by atoms with Crippen LogP contribution in [0.4, 0.5) is 0 Å². The molecule has 0 aliphatic rings. The molecule has 1 aromatic rings. The first kappa shape index (κ1) is 14.5. The minimum Gasteiger partial charge on any atom is -0.468 e. The molecule has 0 bridgehead atoms. The van der Waals surface area contributed by atoms with Gasteiger partial charge in [-0.15, -0.1) is 0 Å². The molecule has 100 valence electrons. The van der Waals surface area contributed by atoms with Gasteiger partial charge in [0.15, 0.2) is 0 Å². The molecule has 1 N–H and O–H groups in total. The Hall–Kier alpha value is -1.55. The maximum atomic E-state index is 11.8. The van der Waals surface area contributed by atoms with Crippen molar-refractivity contribution >= 4 is 5.91 Å². The van der Waals surface area contributed by atoms with E-state index in [1.165, 1.54) is 0 Å². The number of amides is 1. The largest absolute Gasteiger partial charge is 0.468 e. The molecule has 0 unspecified atom stereocenters. The van der Waals surface area contributed by atoms with Gasteiger partial charge in [0.05, 0.1) is 12.3 Å². The topological polar surface area (TPSA) is 45.5 Å². The van der Waals surface area contributed by atoms with E-state index in [0.717, 1.165) is 17.8 Å². The summed E-state index contributed by atoms with van der Waals surface area (Å²) < 4.78 is 5.39. The maximum Gasteiger partial charge on any atom is 0.246 e. The Kier molecular flexibility index (Phi) is 5.65. The van der Waals surface area contributed by atoms with Crippen LogP contribution in [0.5, 0.6) is 0 Å². The normalized spacial score (nSPS) is 13.7. The summed E-state index contributed by atoms with van der Waals surface area (Å²) in [6, 6.07) is 3.83. The molecule has 0 aromatic carbocycles. The first-order valence-electron chi connectivity index (χ1n) is 6.21. The van der Waals surface area contributed by atoms with Crippen molar-refractivity contribution in [1.29, 1.82) is 0 Å². The fourth-order valence-corrected chi connectivity index (χ4v) is 1.75. The molecule has 0 aliphatic carbocycles. The summed E-state index contributed by atoms with van der Waals surface area (Å²) in [6.45, 7) is 4.38. The summed E-state index contributed by atoms with van der Waals surface area (Å²) in [5, 5.41) is 2.93. The molecule has 0 fully saturated rings. The number of allylic oxidation sites excluding steroid dienone is 1. The molecular weight excluding hydrogens is 228 g/mol. The number of likely N-dealkylation sites (N-methyl/N-ethyl adjacent to an activating group) is 1. The molecule has 1 heterocycles. The number of hydrogen-bond acceptors (Lipinski definition) is 3. The predicted molar refractivity (Wildman–Crippen MR) is 72.2 cm³/mol. The Morgan fingerprint density at radius 2 is 2.28 bits per heavy atom. The second kappa shape index (κ2) is 7.01. The summed E-state index contributed by atoms with van der Waals surface area (Å²) in [4.78, 5) is 13.8. The summed E-state index contributed by atoms with van der Waals surface area (Å²) in [7, 11) is 3.93. The lowest BCUT2D eigenvalue weighted by molar-refractivity contribution is -0.117. The molecule has 0 spiro atoms. The number of carbonyl (C=O) groups is 1. The van der Waals surface area contributed by atoms with Crippen molar-refractivity contribution in [2.24, 2.45) is 0 Å². The number of nitrogens with one attached hydrogen (secondary N) is 1. The van der Waals surface area contributed by atoms with Crippen molar-refractivity contribution in [2.45, 2.75) is 26.3 Å². The zero-order chi connectivity index (χ0) is 13.5. The van der Waals surface area contributed by atoms with Crippen molar-refractivity contribution in [2.75, 3.05) is 20.6 Å². The average Bonchev–Trinajstić information content (AvgIpc) is 2.82. The van der Waals surface area contributed by atoms with E-state index < -0.39 is 0 Å². The standard InChI is InChI=1S/C14H22N2O2/c1-5-7-11(2)14(17)15-10-12(16(3)4)13-8-6-9-18-13/h6-9,12H,5,10H2,1-4H3,(H,15,17)/b11-7-/t12-/m0/s1. The van der Waals surface area contributed by atoms with Crippen molar-refractivity contribution in [3.63, 3.8) is 0 Å². The molecule has 0 saturated heterocycles. The van der Waals surface area contributed by atoms with Crippen LogP contribution in [0.15, 0.2) is 34.5 Å². The van der Waals surface area contributed by atoms with Crippen LogP contribution in [0.25, 0.3) is 0 Å². The summed E-state index contributed by atoms with van der Waals surface area (Å²) in [5.74, 6) is 0.840. The highest BCUT2D eigenvalue weighted by Crippen LogP contribution is 2.17. The lowest BCUT2D eigenvalue weighted by Gasteiger charge is -2.22. The number of rotatable bonds is 6. The first-order chi connectivity index (χ1) is 8.56. The van der Waals surface area contributed by atoms with Crippen LogP contribution in [0, 0.1) is 0 Å². The highest BCUT2D eigenvalue weighted by atomic mass is 16.3. The molecule has 0 radical (unpaired) electrons. The molecule has 0 saturated carbocycles. The zero-order valence-corrected chi connectivity index (χ0v) is 11.6. The van der Waals surface area contributed by atoms with Gasteiger partial charge in [-0.1, -0.05) is 13.0 Å². The highest BCUT2D eigenvalue weighted by molar-refractivity contribution is 5.92. The fraction of sp³-hybridized carbons (Fsp3) is 0.500. The van der Waals surface area contributed by atoms with E-state index >= 15 is 0 Å². The fourth-order valence-electron chi connectivity index (χ4n) is 1.75. The van der Waals surface area contributed by atoms with Crippen LogP contribution in [0.3, 0.4) is 0 Å². The van der Waals surface area contributed by atoms with Gasteiger partial charge >= 0.3 is 0 Å². The third-order valence-corrected chi connectivity index (χ3v) is 2.82. The number of furan rings is 1. The van der Waals surface area contributed by atoms with Crippen LogP contribution in [-0.2, 0) is 4.79 Å². The average molecular weight is 250 g/mol. The van der Waals surface area contributed by atoms with Gasteiger partial charge in [-0.25, -0.2) is 0 Å². The monoisotopic (exact) mass is 250 g/mol. The van der Waals surface area contributed by atoms with E-state index in [9.17, 15) is 4.79 Å².